The third-order valence-corrected chi connectivity index (χ3v) is 3.22. The van der Waals surface area contributed by atoms with E-state index in [1.54, 1.807) is 4.90 Å². The molecular weight excluding hydrogens is 240 g/mol. The molecule has 0 radical (unpaired) electrons. The van der Waals surface area contributed by atoms with Gasteiger partial charge in [-0.3, -0.25) is 5.41 Å². The van der Waals surface area contributed by atoms with Crippen LogP contribution in [0.4, 0.5) is 0 Å². The molecule has 3 heteroatoms. The average molecular weight is 254 g/mol. The second kappa shape index (κ2) is 5.56. The zero-order chi connectivity index (χ0) is 13.0. The first kappa shape index (κ1) is 12.5. The largest absolute Gasteiger partial charge is 0.320 e. The van der Waals surface area contributed by atoms with Crippen LogP contribution in [0.15, 0.2) is 60.7 Å². The molecular formula is C15H14N2S. The second-order valence-electron chi connectivity index (χ2n) is 3.94. The highest BCUT2D eigenvalue weighted by molar-refractivity contribution is 7.80. The Morgan fingerprint density at radius 3 is 1.83 bits per heavy atom. The molecule has 0 spiro atoms. The summed E-state index contributed by atoms with van der Waals surface area (Å²) in [5.41, 5.74) is 1.81. The van der Waals surface area contributed by atoms with Gasteiger partial charge in [0, 0.05) is 18.2 Å². The van der Waals surface area contributed by atoms with Gasteiger partial charge in [0.2, 0.25) is 0 Å². The molecule has 2 aromatic rings. The number of nitrogens with one attached hydrogen (secondary N) is 1. The van der Waals surface area contributed by atoms with Crippen molar-refractivity contribution in [1.82, 2.24) is 4.90 Å². The van der Waals surface area contributed by atoms with Crippen molar-refractivity contribution in [2.24, 2.45) is 0 Å². The van der Waals surface area contributed by atoms with Crippen LogP contribution in [0.25, 0.3) is 0 Å². The van der Waals surface area contributed by atoms with E-state index in [1.807, 2.05) is 67.7 Å². The van der Waals surface area contributed by atoms with Crippen LogP contribution < -0.4 is 0 Å². The molecule has 18 heavy (non-hydrogen) atoms. The summed E-state index contributed by atoms with van der Waals surface area (Å²) in [6.07, 6.45) is 0. The molecule has 0 heterocycles. The number of nitrogens with zero attached hydrogens (tertiary/aromatic N) is 1. The molecule has 0 bridgehead atoms. The SMILES string of the molecule is CN(C(=N)c1ccccc1)C(=S)c1ccccc1. The molecule has 0 saturated heterocycles. The predicted molar refractivity (Wildman–Crippen MR) is 79.2 cm³/mol. The van der Waals surface area contributed by atoms with Crippen LogP contribution in [-0.4, -0.2) is 22.8 Å². The lowest BCUT2D eigenvalue weighted by atomic mass is 10.1. The number of hydrogen-bond acceptors (Lipinski definition) is 2. The molecule has 0 fully saturated rings. The van der Waals surface area contributed by atoms with Crippen LogP contribution in [0.1, 0.15) is 11.1 Å². The summed E-state index contributed by atoms with van der Waals surface area (Å²) in [5.74, 6) is 0.407. The van der Waals surface area contributed by atoms with Crippen LogP contribution >= 0.6 is 12.2 Å². The maximum Gasteiger partial charge on any atom is 0.132 e. The van der Waals surface area contributed by atoms with Gasteiger partial charge in [-0.05, 0) is 0 Å². The summed E-state index contributed by atoms with van der Waals surface area (Å²) in [7, 11) is 1.82. The number of thiocarbonyl (C=S) groups is 1. The lowest BCUT2D eigenvalue weighted by Crippen LogP contribution is -2.32. The molecule has 0 unspecified atom stereocenters. The van der Waals surface area contributed by atoms with E-state index in [4.69, 9.17) is 17.6 Å². The Morgan fingerprint density at radius 1 is 0.889 bits per heavy atom. The maximum absolute atomic E-state index is 8.15. The van der Waals surface area contributed by atoms with Crippen molar-refractivity contribution in [1.29, 1.82) is 5.41 Å². The van der Waals surface area contributed by atoms with Crippen molar-refractivity contribution in [2.45, 2.75) is 0 Å². The fraction of sp³-hybridized carbons (Fsp3) is 0.0667. The van der Waals surface area contributed by atoms with Gasteiger partial charge >= 0.3 is 0 Å². The molecule has 2 nitrogen and oxygen atoms in total. The Kier molecular flexibility index (Phi) is 3.85. The Labute approximate surface area is 112 Å². The minimum Gasteiger partial charge on any atom is -0.320 e. The normalized spacial score (nSPS) is 9.83. The number of hydrogen-bond donors (Lipinski definition) is 1. The molecule has 0 aromatic heterocycles. The van der Waals surface area contributed by atoms with E-state index in [9.17, 15) is 0 Å². The van der Waals surface area contributed by atoms with Gasteiger partial charge in [0.05, 0.1) is 0 Å². The lowest BCUT2D eigenvalue weighted by molar-refractivity contribution is 0.763. The van der Waals surface area contributed by atoms with Crippen LogP contribution in [-0.2, 0) is 0 Å². The van der Waals surface area contributed by atoms with Crippen LogP contribution in [0.2, 0.25) is 0 Å². The zero-order valence-electron chi connectivity index (χ0n) is 10.1. The lowest BCUT2D eigenvalue weighted by Gasteiger charge is -2.21. The van der Waals surface area contributed by atoms with E-state index >= 15 is 0 Å². The number of rotatable bonds is 2. The molecule has 0 aliphatic carbocycles. The maximum atomic E-state index is 8.15. The fourth-order valence-corrected chi connectivity index (χ4v) is 1.89. The minimum absolute atomic E-state index is 0.407. The van der Waals surface area contributed by atoms with E-state index in [1.165, 1.54) is 0 Å². The quantitative estimate of drug-likeness (QED) is 0.505. The topological polar surface area (TPSA) is 27.1 Å². The molecule has 90 valence electrons. The van der Waals surface area contributed by atoms with Crippen molar-refractivity contribution >= 4 is 23.0 Å². The van der Waals surface area contributed by atoms with Crippen molar-refractivity contribution in [3.8, 4) is 0 Å². The van der Waals surface area contributed by atoms with Crippen LogP contribution in [0.3, 0.4) is 0 Å². The predicted octanol–water partition coefficient (Wildman–Crippen LogP) is 3.32. The number of benzene rings is 2. The average Bonchev–Trinajstić information content (AvgIpc) is 2.47. The van der Waals surface area contributed by atoms with Crippen LogP contribution in [0.5, 0.6) is 0 Å². The Hall–Kier alpha value is -2.00. The molecule has 0 saturated carbocycles. The third-order valence-electron chi connectivity index (χ3n) is 2.71. The van der Waals surface area contributed by atoms with Gasteiger partial charge in [-0.2, -0.15) is 0 Å². The minimum atomic E-state index is 0.407. The summed E-state index contributed by atoms with van der Waals surface area (Å²) < 4.78 is 0. The van der Waals surface area contributed by atoms with Gasteiger partial charge in [-0.15, -0.1) is 0 Å². The van der Waals surface area contributed by atoms with Crippen LogP contribution in [0, 0.1) is 5.41 Å². The van der Waals surface area contributed by atoms with Gasteiger partial charge in [-0.25, -0.2) is 0 Å². The fourth-order valence-electron chi connectivity index (χ4n) is 1.67. The summed E-state index contributed by atoms with van der Waals surface area (Å²) >= 11 is 5.40. The summed E-state index contributed by atoms with van der Waals surface area (Å²) in [6, 6.07) is 19.4. The standard InChI is InChI=1S/C15H14N2S/c1-17(14(16)12-8-4-2-5-9-12)15(18)13-10-6-3-7-11-13/h2-11,16H,1H3. The number of amidine groups is 1. The first-order chi connectivity index (χ1) is 8.70. The van der Waals surface area contributed by atoms with Gasteiger partial charge in [0.25, 0.3) is 0 Å². The van der Waals surface area contributed by atoms with Crippen molar-refractivity contribution in [3.05, 3.63) is 71.8 Å². The van der Waals surface area contributed by atoms with E-state index in [0.29, 0.717) is 10.8 Å². The molecule has 1 N–H and O–H groups in total. The van der Waals surface area contributed by atoms with Gasteiger partial charge in [0.1, 0.15) is 10.8 Å². The van der Waals surface area contributed by atoms with E-state index < -0.39 is 0 Å². The summed E-state index contributed by atoms with van der Waals surface area (Å²) in [5, 5.41) is 8.15. The monoisotopic (exact) mass is 254 g/mol. The molecule has 0 atom stereocenters. The van der Waals surface area contributed by atoms with Crippen molar-refractivity contribution < 1.29 is 0 Å². The second-order valence-corrected chi connectivity index (χ2v) is 4.33. The summed E-state index contributed by atoms with van der Waals surface area (Å²) in [6.45, 7) is 0. The van der Waals surface area contributed by atoms with Gasteiger partial charge in [-0.1, -0.05) is 72.9 Å². The molecule has 2 rings (SSSR count). The summed E-state index contributed by atoms with van der Waals surface area (Å²) in [4.78, 5) is 2.38. The van der Waals surface area contributed by atoms with Crippen molar-refractivity contribution in [2.75, 3.05) is 7.05 Å². The third kappa shape index (κ3) is 2.63. The smallest absolute Gasteiger partial charge is 0.132 e. The highest BCUT2D eigenvalue weighted by Crippen LogP contribution is 2.09. The highest BCUT2D eigenvalue weighted by atomic mass is 32.1. The van der Waals surface area contributed by atoms with Gasteiger partial charge < -0.3 is 4.90 Å². The van der Waals surface area contributed by atoms with E-state index in [-0.39, 0.29) is 0 Å². The van der Waals surface area contributed by atoms with E-state index in [2.05, 4.69) is 0 Å². The first-order valence-corrected chi connectivity index (χ1v) is 6.08. The zero-order valence-corrected chi connectivity index (χ0v) is 10.9. The first-order valence-electron chi connectivity index (χ1n) is 5.67. The Bertz CT molecular complexity index is 498. The molecule has 0 aliphatic rings. The van der Waals surface area contributed by atoms with Gasteiger partial charge in [0.15, 0.2) is 0 Å². The molecule has 0 amide bonds. The molecule has 0 aliphatic heterocycles. The van der Waals surface area contributed by atoms with E-state index in [0.717, 1.165) is 11.1 Å². The Balaban J connectivity index is 2.20. The Morgan fingerprint density at radius 2 is 1.33 bits per heavy atom. The van der Waals surface area contributed by atoms with Crippen molar-refractivity contribution in [3.63, 3.8) is 0 Å². The molecule has 2 aromatic carbocycles. The highest BCUT2D eigenvalue weighted by Gasteiger charge is 2.12.